The maximum absolute atomic E-state index is 13.7. The minimum Gasteiger partial charge on any atom is -0.305 e. The summed E-state index contributed by atoms with van der Waals surface area (Å²) < 4.78 is 13.7. The van der Waals surface area contributed by atoms with E-state index in [9.17, 15) is 23.6 Å². The van der Waals surface area contributed by atoms with E-state index in [4.69, 9.17) is 0 Å². The Kier molecular flexibility index (Phi) is 4.30. The summed E-state index contributed by atoms with van der Waals surface area (Å²) in [6, 6.07) is 3.98. The first-order valence-electron chi connectivity index (χ1n) is 6.57. The van der Waals surface area contributed by atoms with Crippen LogP contribution in [0.2, 0.25) is 5.82 Å². The zero-order valence-electron chi connectivity index (χ0n) is 11.4. The lowest BCUT2D eigenvalue weighted by Crippen LogP contribution is -2.33. The van der Waals surface area contributed by atoms with E-state index >= 15 is 0 Å². The Hall–Kier alpha value is -2.31. The monoisotopic (exact) mass is 289 g/mol. The fraction of sp³-hybridized carbons (Fsp3) is 0.286. The average Bonchev–Trinajstić information content (AvgIpc) is 2.70. The molecule has 0 aromatic heterocycles. The lowest BCUT2D eigenvalue weighted by atomic mass is 9.37. The van der Waals surface area contributed by atoms with Crippen LogP contribution in [-0.2, 0) is 9.59 Å². The van der Waals surface area contributed by atoms with Crippen molar-refractivity contribution in [2.45, 2.75) is 25.6 Å². The highest BCUT2D eigenvalue weighted by Gasteiger charge is 2.46. The number of carbonyl (C=O) groups is 4. The van der Waals surface area contributed by atoms with Gasteiger partial charge in [-0.15, -0.1) is 0 Å². The highest BCUT2D eigenvalue weighted by molar-refractivity contribution is 7.17. The van der Waals surface area contributed by atoms with Crippen molar-refractivity contribution in [1.82, 2.24) is 5.32 Å². The molecule has 0 saturated heterocycles. The molecule has 0 saturated carbocycles. The van der Waals surface area contributed by atoms with Crippen LogP contribution in [0.15, 0.2) is 18.2 Å². The van der Waals surface area contributed by atoms with Crippen LogP contribution in [0.25, 0.3) is 0 Å². The third-order valence-corrected chi connectivity index (χ3v) is 3.71. The molecule has 1 aliphatic heterocycles. The standard InChI is InChI=1S/C14H13BFNO4/c1-8(5-6-11(19)17-7-18)15-13(20)9-3-2-4-10(16)12(9)14(15)21/h2-4,7-8H,5-6H2,1H3,(H,17,18,19). The Morgan fingerprint density at radius 1 is 1.38 bits per heavy atom. The summed E-state index contributed by atoms with van der Waals surface area (Å²) in [4.78, 5) is 45.8. The van der Waals surface area contributed by atoms with Crippen molar-refractivity contribution in [2.24, 2.45) is 0 Å². The van der Waals surface area contributed by atoms with Crippen molar-refractivity contribution in [3.05, 3.63) is 35.1 Å². The predicted molar refractivity (Wildman–Crippen MR) is 73.7 cm³/mol. The lowest BCUT2D eigenvalue weighted by molar-refractivity contribution is -0.125. The van der Waals surface area contributed by atoms with Crippen LogP contribution in [0.4, 0.5) is 4.39 Å². The molecule has 1 heterocycles. The number of amides is 2. The van der Waals surface area contributed by atoms with Gasteiger partial charge in [-0.05, 0) is 18.3 Å². The van der Waals surface area contributed by atoms with Crippen LogP contribution in [0.1, 0.15) is 40.5 Å². The van der Waals surface area contributed by atoms with Crippen molar-refractivity contribution >= 4 is 30.4 Å². The van der Waals surface area contributed by atoms with Crippen LogP contribution >= 0.6 is 0 Å². The molecule has 1 aromatic carbocycles. The van der Waals surface area contributed by atoms with E-state index in [1.807, 2.05) is 5.32 Å². The number of hydrogen-bond donors (Lipinski definition) is 1. The largest absolute Gasteiger partial charge is 0.317 e. The minimum absolute atomic E-state index is 0.0236. The molecule has 0 fully saturated rings. The van der Waals surface area contributed by atoms with Crippen LogP contribution in [0.3, 0.4) is 0 Å². The van der Waals surface area contributed by atoms with E-state index in [0.717, 1.165) is 6.07 Å². The normalized spacial score (nSPS) is 14.9. The van der Waals surface area contributed by atoms with Gasteiger partial charge >= 0.3 is 6.71 Å². The molecule has 1 unspecified atom stereocenters. The molecule has 108 valence electrons. The van der Waals surface area contributed by atoms with E-state index < -0.39 is 35.6 Å². The van der Waals surface area contributed by atoms with Crippen LogP contribution < -0.4 is 5.32 Å². The van der Waals surface area contributed by atoms with Crippen molar-refractivity contribution in [3.63, 3.8) is 0 Å². The number of fused-ring (bicyclic) bond motifs is 1. The molecule has 0 spiro atoms. The predicted octanol–water partition coefficient (Wildman–Crippen LogP) is 1.22. The summed E-state index contributed by atoms with van der Waals surface area (Å²) in [5.74, 6) is -1.58. The lowest BCUT2D eigenvalue weighted by Gasteiger charge is -2.12. The van der Waals surface area contributed by atoms with Crippen LogP contribution in [-0.4, -0.2) is 30.4 Å². The number of hydrogen-bond acceptors (Lipinski definition) is 4. The number of benzene rings is 1. The second kappa shape index (κ2) is 5.99. The second-order valence-electron chi connectivity index (χ2n) is 5.07. The third-order valence-electron chi connectivity index (χ3n) is 3.71. The van der Waals surface area contributed by atoms with Crippen LogP contribution in [0, 0.1) is 5.82 Å². The molecule has 1 aliphatic rings. The van der Waals surface area contributed by atoms with Gasteiger partial charge < -0.3 is 9.59 Å². The summed E-state index contributed by atoms with van der Waals surface area (Å²) in [5, 5.41) is 1.99. The summed E-state index contributed by atoms with van der Waals surface area (Å²) >= 11 is 0. The molecule has 0 aliphatic carbocycles. The number of imide groups is 1. The SMILES string of the molecule is CC(CCC(=O)NC=O)B1C(=O)c2cccc(F)c2C1=O. The number of rotatable bonds is 5. The molecule has 0 bridgehead atoms. The Morgan fingerprint density at radius 3 is 2.71 bits per heavy atom. The molecule has 7 heteroatoms. The van der Waals surface area contributed by atoms with Gasteiger partial charge in [0.1, 0.15) is 17.2 Å². The first-order chi connectivity index (χ1) is 9.97. The maximum atomic E-state index is 13.7. The van der Waals surface area contributed by atoms with E-state index in [1.54, 1.807) is 6.92 Å². The molecule has 2 amide bonds. The van der Waals surface area contributed by atoms with E-state index in [2.05, 4.69) is 0 Å². The van der Waals surface area contributed by atoms with E-state index in [0.29, 0.717) is 0 Å². The van der Waals surface area contributed by atoms with Gasteiger partial charge in [0.2, 0.25) is 12.3 Å². The van der Waals surface area contributed by atoms with Gasteiger partial charge in [0.05, 0.1) is 5.56 Å². The second-order valence-corrected chi connectivity index (χ2v) is 5.07. The zero-order valence-corrected chi connectivity index (χ0v) is 11.4. The molecule has 2 rings (SSSR count). The quantitative estimate of drug-likeness (QED) is 0.653. The summed E-state index contributed by atoms with van der Waals surface area (Å²) in [6.45, 7) is 0.708. The summed E-state index contributed by atoms with van der Waals surface area (Å²) in [7, 11) is 0. The van der Waals surface area contributed by atoms with Crippen molar-refractivity contribution in [2.75, 3.05) is 0 Å². The minimum atomic E-state index is -0.957. The molecule has 1 atom stereocenters. The molecule has 21 heavy (non-hydrogen) atoms. The van der Waals surface area contributed by atoms with E-state index in [1.165, 1.54) is 12.1 Å². The molecule has 5 nitrogen and oxygen atoms in total. The van der Waals surface area contributed by atoms with Gasteiger partial charge in [-0.2, -0.15) is 0 Å². The molecular weight excluding hydrogens is 276 g/mol. The molecule has 1 N–H and O–H groups in total. The highest BCUT2D eigenvalue weighted by Crippen LogP contribution is 2.31. The maximum Gasteiger partial charge on any atom is 0.317 e. The smallest absolute Gasteiger partial charge is 0.305 e. The highest BCUT2D eigenvalue weighted by atomic mass is 19.1. The number of nitrogens with one attached hydrogen (secondary N) is 1. The Bertz CT molecular complexity index is 631. The van der Waals surface area contributed by atoms with Gasteiger partial charge in [-0.25, -0.2) is 4.39 Å². The third kappa shape index (κ3) is 2.77. The van der Waals surface area contributed by atoms with Gasteiger partial charge in [-0.1, -0.05) is 19.1 Å². The Labute approximate surface area is 121 Å². The number of carbonyl (C=O) groups excluding carboxylic acids is 4. The summed E-state index contributed by atoms with van der Waals surface area (Å²) in [6.07, 6.45) is 0.567. The summed E-state index contributed by atoms with van der Waals surface area (Å²) in [5.41, 5.74) is -0.986. The topological polar surface area (TPSA) is 80.3 Å². The van der Waals surface area contributed by atoms with Gasteiger partial charge in [0.15, 0.2) is 0 Å². The Balaban J connectivity index is 2.14. The van der Waals surface area contributed by atoms with Crippen molar-refractivity contribution in [3.8, 4) is 0 Å². The molecule has 1 aromatic rings. The average molecular weight is 289 g/mol. The van der Waals surface area contributed by atoms with Gasteiger partial charge in [0.25, 0.3) is 0 Å². The fourth-order valence-corrected chi connectivity index (χ4v) is 2.60. The van der Waals surface area contributed by atoms with E-state index in [-0.39, 0.29) is 30.4 Å². The Morgan fingerprint density at radius 2 is 2.10 bits per heavy atom. The first-order valence-corrected chi connectivity index (χ1v) is 6.57. The fourth-order valence-electron chi connectivity index (χ4n) is 2.60. The molecule has 0 radical (unpaired) electrons. The zero-order chi connectivity index (χ0) is 15.6. The number of halogens is 1. The van der Waals surface area contributed by atoms with Gasteiger partial charge in [0, 0.05) is 12.0 Å². The first kappa shape index (κ1) is 15.1. The van der Waals surface area contributed by atoms with Gasteiger partial charge in [-0.3, -0.25) is 14.9 Å². The van der Waals surface area contributed by atoms with Crippen molar-refractivity contribution in [1.29, 1.82) is 0 Å². The van der Waals surface area contributed by atoms with Crippen molar-refractivity contribution < 1.29 is 23.6 Å². The van der Waals surface area contributed by atoms with Crippen LogP contribution in [0.5, 0.6) is 0 Å². The molecular formula is C14H13BFNO4.